The molecular formula is C29H27N3O4. The number of carbonyl (C=O) groups is 2. The van der Waals surface area contributed by atoms with E-state index in [-0.39, 0.29) is 18.5 Å². The second kappa shape index (κ2) is 11.7. The van der Waals surface area contributed by atoms with Crippen LogP contribution >= 0.6 is 0 Å². The van der Waals surface area contributed by atoms with Crippen molar-refractivity contribution >= 4 is 18.2 Å². The Kier molecular flexibility index (Phi) is 7.93. The van der Waals surface area contributed by atoms with Gasteiger partial charge in [0.05, 0.1) is 36.9 Å². The van der Waals surface area contributed by atoms with Gasteiger partial charge in [-0.3, -0.25) is 10.2 Å². The maximum atomic E-state index is 12.0. The van der Waals surface area contributed by atoms with Crippen molar-refractivity contribution in [3.63, 3.8) is 0 Å². The van der Waals surface area contributed by atoms with Gasteiger partial charge in [0.15, 0.2) is 0 Å². The number of methoxy groups -OCH3 is 1. The van der Waals surface area contributed by atoms with Gasteiger partial charge in [0.2, 0.25) is 0 Å². The number of benzene rings is 3. The number of hydrogen-bond acceptors (Lipinski definition) is 6. The molecular weight excluding hydrogens is 454 g/mol. The fourth-order valence-corrected chi connectivity index (χ4v) is 3.91. The average molecular weight is 482 g/mol. The van der Waals surface area contributed by atoms with E-state index >= 15 is 0 Å². The number of hydrazone groups is 1. The van der Waals surface area contributed by atoms with Crippen LogP contribution in [0.4, 0.5) is 0 Å². The van der Waals surface area contributed by atoms with E-state index in [0.717, 1.165) is 33.8 Å². The molecule has 36 heavy (non-hydrogen) atoms. The van der Waals surface area contributed by atoms with E-state index in [2.05, 4.69) is 21.2 Å². The molecule has 0 spiro atoms. The summed E-state index contributed by atoms with van der Waals surface area (Å²) in [6.07, 6.45) is 1.70. The standard InChI is InChI=1S/C29H27N3O4/c1-3-36-27(33)20-31-30-19-24-18-26(21-10-6-4-7-11-21)32(28(24)22-12-8-5-9-13-22)25-16-14-23(15-17-25)29(34)35-2/h4-19,31H,3,20H2,1-2H3/b30-19+. The Hall–Kier alpha value is -4.65. The molecule has 0 unspecified atom stereocenters. The molecule has 0 atom stereocenters. The normalized spacial score (nSPS) is 10.8. The first-order valence-corrected chi connectivity index (χ1v) is 11.6. The molecule has 182 valence electrons. The summed E-state index contributed by atoms with van der Waals surface area (Å²) in [7, 11) is 1.37. The number of nitrogens with one attached hydrogen (secondary N) is 1. The average Bonchev–Trinajstić information content (AvgIpc) is 3.31. The van der Waals surface area contributed by atoms with Gasteiger partial charge in [-0.1, -0.05) is 60.7 Å². The first kappa shape index (κ1) is 24.5. The summed E-state index contributed by atoms with van der Waals surface area (Å²) in [5.41, 5.74) is 8.85. The van der Waals surface area contributed by atoms with Gasteiger partial charge in [-0.15, -0.1) is 0 Å². The number of nitrogens with zero attached hydrogens (tertiary/aromatic N) is 2. The lowest BCUT2D eigenvalue weighted by Gasteiger charge is -2.15. The van der Waals surface area contributed by atoms with Crippen LogP contribution in [-0.2, 0) is 14.3 Å². The lowest BCUT2D eigenvalue weighted by atomic mass is 10.1. The van der Waals surface area contributed by atoms with Crippen LogP contribution < -0.4 is 5.43 Å². The van der Waals surface area contributed by atoms with Gasteiger partial charge in [-0.2, -0.15) is 5.10 Å². The van der Waals surface area contributed by atoms with Gasteiger partial charge in [0.1, 0.15) is 6.54 Å². The Morgan fingerprint density at radius 2 is 1.56 bits per heavy atom. The molecule has 0 bridgehead atoms. The zero-order valence-corrected chi connectivity index (χ0v) is 20.2. The van der Waals surface area contributed by atoms with Gasteiger partial charge in [0.25, 0.3) is 0 Å². The van der Waals surface area contributed by atoms with Crippen molar-refractivity contribution in [1.29, 1.82) is 0 Å². The third-order valence-corrected chi connectivity index (χ3v) is 5.52. The van der Waals surface area contributed by atoms with E-state index in [4.69, 9.17) is 9.47 Å². The first-order valence-electron chi connectivity index (χ1n) is 11.6. The molecule has 3 aromatic carbocycles. The fourth-order valence-electron chi connectivity index (χ4n) is 3.91. The predicted molar refractivity (Wildman–Crippen MR) is 140 cm³/mol. The fraction of sp³-hybridized carbons (Fsp3) is 0.138. The minimum Gasteiger partial charge on any atom is -0.465 e. The van der Waals surface area contributed by atoms with E-state index in [9.17, 15) is 9.59 Å². The van der Waals surface area contributed by atoms with E-state index in [1.807, 2.05) is 72.8 Å². The highest BCUT2D eigenvalue weighted by molar-refractivity contribution is 5.94. The van der Waals surface area contributed by atoms with Crippen LogP contribution in [0.5, 0.6) is 0 Å². The quantitative estimate of drug-likeness (QED) is 0.205. The molecule has 0 radical (unpaired) electrons. The lowest BCUT2D eigenvalue weighted by Crippen LogP contribution is -2.20. The number of hydrogen-bond donors (Lipinski definition) is 1. The number of rotatable bonds is 9. The van der Waals surface area contributed by atoms with E-state index in [0.29, 0.717) is 12.2 Å². The second-order valence-corrected chi connectivity index (χ2v) is 7.84. The molecule has 4 rings (SSSR count). The molecule has 0 saturated carbocycles. The van der Waals surface area contributed by atoms with Crippen molar-refractivity contribution in [2.75, 3.05) is 20.3 Å². The van der Waals surface area contributed by atoms with Crippen molar-refractivity contribution in [1.82, 2.24) is 9.99 Å². The Bertz CT molecular complexity index is 1340. The van der Waals surface area contributed by atoms with Gasteiger partial charge in [-0.05, 0) is 48.4 Å². The molecule has 1 heterocycles. The topological polar surface area (TPSA) is 81.9 Å². The molecule has 0 aliphatic carbocycles. The van der Waals surface area contributed by atoms with Gasteiger partial charge >= 0.3 is 11.9 Å². The first-order chi connectivity index (χ1) is 17.6. The van der Waals surface area contributed by atoms with Crippen LogP contribution in [0.15, 0.2) is 96.1 Å². The summed E-state index contributed by atoms with van der Waals surface area (Å²) >= 11 is 0. The summed E-state index contributed by atoms with van der Waals surface area (Å²) in [4.78, 5) is 23.7. The smallest absolute Gasteiger partial charge is 0.337 e. The molecule has 0 aliphatic rings. The predicted octanol–water partition coefficient (Wildman–Crippen LogP) is 5.08. The van der Waals surface area contributed by atoms with Crippen LogP contribution in [0.1, 0.15) is 22.8 Å². The Balaban J connectivity index is 1.85. The number of aromatic nitrogens is 1. The van der Waals surface area contributed by atoms with Crippen LogP contribution in [0.25, 0.3) is 28.2 Å². The molecule has 0 amide bonds. The monoisotopic (exact) mass is 481 g/mol. The second-order valence-electron chi connectivity index (χ2n) is 7.84. The van der Waals surface area contributed by atoms with Crippen molar-refractivity contribution in [3.8, 4) is 28.2 Å². The molecule has 4 aromatic rings. The summed E-state index contributed by atoms with van der Waals surface area (Å²) in [6, 6.07) is 29.4. The van der Waals surface area contributed by atoms with Crippen molar-refractivity contribution in [2.24, 2.45) is 5.10 Å². The van der Waals surface area contributed by atoms with Gasteiger partial charge in [-0.25, -0.2) is 4.79 Å². The van der Waals surface area contributed by atoms with Gasteiger partial charge < -0.3 is 14.0 Å². The largest absolute Gasteiger partial charge is 0.465 e. The Morgan fingerprint density at radius 3 is 2.17 bits per heavy atom. The molecule has 0 aliphatic heterocycles. The number of ether oxygens (including phenoxy) is 2. The van der Waals surface area contributed by atoms with Crippen molar-refractivity contribution in [3.05, 3.63) is 102 Å². The number of esters is 2. The van der Waals surface area contributed by atoms with Gasteiger partial charge in [0, 0.05) is 11.3 Å². The van der Waals surface area contributed by atoms with Crippen LogP contribution in [0.3, 0.4) is 0 Å². The molecule has 1 aromatic heterocycles. The SMILES string of the molecule is CCOC(=O)CN/N=C/c1cc(-c2ccccc2)n(-c2ccc(C(=O)OC)cc2)c1-c1ccccc1. The van der Waals surface area contributed by atoms with Crippen molar-refractivity contribution in [2.45, 2.75) is 6.92 Å². The zero-order chi connectivity index (χ0) is 25.3. The third-order valence-electron chi connectivity index (χ3n) is 5.52. The zero-order valence-electron chi connectivity index (χ0n) is 20.2. The van der Waals surface area contributed by atoms with Crippen molar-refractivity contribution < 1.29 is 19.1 Å². The molecule has 0 saturated heterocycles. The van der Waals surface area contributed by atoms with E-state index < -0.39 is 0 Å². The summed E-state index contributed by atoms with van der Waals surface area (Å²) in [5, 5.41) is 4.29. The summed E-state index contributed by atoms with van der Waals surface area (Å²) < 4.78 is 11.9. The molecule has 0 fully saturated rings. The highest BCUT2D eigenvalue weighted by Crippen LogP contribution is 2.35. The Labute approximate surface area is 210 Å². The summed E-state index contributed by atoms with van der Waals surface area (Å²) in [5.74, 6) is -0.757. The molecule has 7 heteroatoms. The molecule has 7 nitrogen and oxygen atoms in total. The molecule has 1 N–H and O–H groups in total. The minimum absolute atomic E-state index is 0.0216. The van der Waals surface area contributed by atoms with E-state index in [1.165, 1.54) is 7.11 Å². The summed E-state index contributed by atoms with van der Waals surface area (Å²) in [6.45, 7) is 2.06. The van der Waals surface area contributed by atoms with Crippen LogP contribution in [0.2, 0.25) is 0 Å². The lowest BCUT2D eigenvalue weighted by molar-refractivity contribution is -0.141. The minimum atomic E-state index is -0.388. The van der Waals surface area contributed by atoms with Crippen LogP contribution in [0, 0.1) is 0 Å². The number of carbonyl (C=O) groups excluding carboxylic acids is 2. The highest BCUT2D eigenvalue weighted by atomic mass is 16.5. The van der Waals surface area contributed by atoms with Crippen LogP contribution in [-0.4, -0.2) is 43.0 Å². The Morgan fingerprint density at radius 1 is 0.917 bits per heavy atom. The maximum Gasteiger partial charge on any atom is 0.337 e. The maximum absolute atomic E-state index is 12.0. The van der Waals surface area contributed by atoms with E-state index in [1.54, 1.807) is 25.3 Å². The third kappa shape index (κ3) is 5.52. The highest BCUT2D eigenvalue weighted by Gasteiger charge is 2.19.